The quantitative estimate of drug-likeness (QED) is 0.185. The maximum Gasteiger partial charge on any atom is 0.0484 e. The summed E-state index contributed by atoms with van der Waals surface area (Å²) in [5, 5.41) is 0. The van der Waals surface area contributed by atoms with Crippen LogP contribution in [0.2, 0.25) is 0 Å². The minimum Gasteiger partial charge on any atom is -0.344 e. The first-order chi connectivity index (χ1) is 13.6. The van der Waals surface area contributed by atoms with E-state index in [0.29, 0.717) is 5.92 Å². The smallest absolute Gasteiger partial charge is 0.0484 e. The lowest BCUT2D eigenvalue weighted by molar-refractivity contribution is 0.376. The molecule has 2 unspecified atom stereocenters. The van der Waals surface area contributed by atoms with Gasteiger partial charge >= 0.3 is 0 Å². The van der Waals surface area contributed by atoms with Crippen LogP contribution < -0.4 is 6.15 Å². The van der Waals surface area contributed by atoms with Crippen molar-refractivity contribution in [1.29, 1.82) is 0 Å². The third-order valence-corrected chi connectivity index (χ3v) is 6.92. The highest BCUT2D eigenvalue weighted by atomic mass is 35.5. The highest BCUT2D eigenvalue weighted by molar-refractivity contribution is 6.24. The Balaban J connectivity index is 0.00000784. The summed E-state index contributed by atoms with van der Waals surface area (Å²) in [4.78, 5) is -0.127. The molecule has 0 radical (unpaired) electrons. The Kier molecular flexibility index (Phi) is 17.9. The molecule has 29 heavy (non-hydrogen) atoms. The second-order valence-electron chi connectivity index (χ2n) is 9.23. The molecule has 2 heteroatoms. The summed E-state index contributed by atoms with van der Waals surface area (Å²) < 4.78 is 0. The van der Waals surface area contributed by atoms with Gasteiger partial charge in [0, 0.05) is 4.87 Å². The van der Waals surface area contributed by atoms with Gasteiger partial charge in [-0.1, -0.05) is 134 Å². The Bertz CT molecular complexity index is 457. The number of hydrogen-bond donors (Lipinski definition) is 1. The molecule has 3 N–H and O–H groups in total. The molecule has 0 fully saturated rings. The standard InChI is InChI=1S/C27H47Cl.H3N/c1-4-5-6-7-8-9-10-11-12-13-14-15-16-18-21-25(2)27(3,28)24-26-22-19-17-20-23-26;/h17,19-20,22-23,25H,4-16,18,21,24H2,1-3H3;1H3. The van der Waals surface area contributed by atoms with Crippen LogP contribution in [0.3, 0.4) is 0 Å². The van der Waals surface area contributed by atoms with Crippen molar-refractivity contribution in [2.24, 2.45) is 5.92 Å². The molecule has 0 aliphatic rings. The van der Waals surface area contributed by atoms with Crippen LogP contribution in [0.1, 0.15) is 123 Å². The van der Waals surface area contributed by atoms with Crippen molar-refractivity contribution in [3.05, 3.63) is 35.9 Å². The van der Waals surface area contributed by atoms with E-state index in [-0.39, 0.29) is 11.0 Å². The van der Waals surface area contributed by atoms with E-state index in [9.17, 15) is 0 Å². The van der Waals surface area contributed by atoms with Crippen LogP contribution in [-0.2, 0) is 6.42 Å². The first-order valence-electron chi connectivity index (χ1n) is 12.3. The zero-order chi connectivity index (χ0) is 20.5. The molecule has 1 nitrogen and oxygen atoms in total. The van der Waals surface area contributed by atoms with E-state index in [4.69, 9.17) is 11.6 Å². The lowest BCUT2D eigenvalue weighted by Gasteiger charge is -2.29. The second-order valence-corrected chi connectivity index (χ2v) is 10.1. The fourth-order valence-corrected chi connectivity index (χ4v) is 4.38. The van der Waals surface area contributed by atoms with Crippen molar-refractivity contribution in [1.82, 2.24) is 6.15 Å². The van der Waals surface area contributed by atoms with Crippen LogP contribution >= 0.6 is 11.6 Å². The molecule has 0 heterocycles. The molecule has 0 aliphatic heterocycles. The van der Waals surface area contributed by atoms with E-state index in [1.54, 1.807) is 0 Å². The lowest BCUT2D eigenvalue weighted by atomic mass is 9.85. The topological polar surface area (TPSA) is 35.0 Å². The number of halogens is 1. The van der Waals surface area contributed by atoms with Crippen LogP contribution in [0.25, 0.3) is 0 Å². The monoisotopic (exact) mass is 423 g/mol. The zero-order valence-electron chi connectivity index (χ0n) is 19.9. The third kappa shape index (κ3) is 15.0. The van der Waals surface area contributed by atoms with E-state index >= 15 is 0 Å². The number of alkyl halides is 1. The summed E-state index contributed by atoms with van der Waals surface area (Å²) >= 11 is 6.88. The molecule has 0 bridgehead atoms. The normalized spacial score (nSPS) is 14.2. The number of rotatable bonds is 18. The summed E-state index contributed by atoms with van der Waals surface area (Å²) in [6.45, 7) is 6.84. The van der Waals surface area contributed by atoms with Crippen molar-refractivity contribution >= 4 is 11.6 Å². The van der Waals surface area contributed by atoms with Crippen molar-refractivity contribution in [3.63, 3.8) is 0 Å². The molecule has 170 valence electrons. The van der Waals surface area contributed by atoms with E-state index in [2.05, 4.69) is 51.1 Å². The van der Waals surface area contributed by atoms with Gasteiger partial charge in [0.15, 0.2) is 0 Å². The highest BCUT2D eigenvalue weighted by Gasteiger charge is 2.28. The van der Waals surface area contributed by atoms with E-state index in [1.807, 2.05) is 0 Å². The molecule has 1 rings (SSSR count). The first kappa shape index (κ1) is 28.5. The summed E-state index contributed by atoms with van der Waals surface area (Å²) in [6, 6.07) is 10.7. The number of unbranched alkanes of at least 4 members (excludes halogenated alkanes) is 13. The molecule has 0 aromatic heterocycles. The van der Waals surface area contributed by atoms with E-state index in [1.165, 1.54) is 102 Å². The molecule has 1 aromatic carbocycles. The molecular weight excluding hydrogens is 374 g/mol. The van der Waals surface area contributed by atoms with Crippen molar-refractivity contribution in [2.75, 3.05) is 0 Å². The van der Waals surface area contributed by atoms with Gasteiger partial charge in [-0.15, -0.1) is 11.6 Å². The number of benzene rings is 1. The Morgan fingerprint density at radius 1 is 0.724 bits per heavy atom. The Morgan fingerprint density at radius 3 is 1.59 bits per heavy atom. The van der Waals surface area contributed by atoms with Gasteiger partial charge in [0.1, 0.15) is 0 Å². The predicted octanol–water partition coefficient (Wildman–Crippen LogP) is 9.90. The fraction of sp³-hybridized carbons (Fsp3) is 0.778. The molecule has 0 spiro atoms. The number of hydrogen-bond acceptors (Lipinski definition) is 1. The highest BCUT2D eigenvalue weighted by Crippen LogP contribution is 2.32. The van der Waals surface area contributed by atoms with Crippen LogP contribution in [0.15, 0.2) is 30.3 Å². The summed E-state index contributed by atoms with van der Waals surface area (Å²) in [6.07, 6.45) is 22.2. The van der Waals surface area contributed by atoms with Crippen molar-refractivity contribution < 1.29 is 0 Å². The van der Waals surface area contributed by atoms with Crippen LogP contribution in [0.5, 0.6) is 0 Å². The molecule has 1 aromatic rings. The second kappa shape index (κ2) is 18.3. The summed E-state index contributed by atoms with van der Waals surface area (Å²) in [5.41, 5.74) is 1.35. The maximum atomic E-state index is 6.88. The summed E-state index contributed by atoms with van der Waals surface area (Å²) in [7, 11) is 0. The van der Waals surface area contributed by atoms with Gasteiger partial charge in [0.05, 0.1) is 0 Å². The largest absolute Gasteiger partial charge is 0.344 e. The van der Waals surface area contributed by atoms with Gasteiger partial charge < -0.3 is 6.15 Å². The maximum absolute atomic E-state index is 6.88. The molecule has 0 amide bonds. The van der Waals surface area contributed by atoms with Gasteiger partial charge in [0.2, 0.25) is 0 Å². The molecule has 2 atom stereocenters. The van der Waals surface area contributed by atoms with Gasteiger partial charge in [-0.3, -0.25) is 0 Å². The average molecular weight is 424 g/mol. The molecule has 0 aliphatic carbocycles. The molecule has 0 saturated carbocycles. The zero-order valence-corrected chi connectivity index (χ0v) is 20.6. The third-order valence-electron chi connectivity index (χ3n) is 6.41. The Labute approximate surface area is 188 Å². The average Bonchev–Trinajstić information content (AvgIpc) is 2.68. The van der Waals surface area contributed by atoms with Gasteiger partial charge in [-0.2, -0.15) is 0 Å². The van der Waals surface area contributed by atoms with Crippen LogP contribution in [0.4, 0.5) is 0 Å². The van der Waals surface area contributed by atoms with Gasteiger partial charge in [-0.25, -0.2) is 0 Å². The predicted molar refractivity (Wildman–Crippen MR) is 134 cm³/mol. The van der Waals surface area contributed by atoms with E-state index in [0.717, 1.165) is 6.42 Å². The van der Waals surface area contributed by atoms with Crippen LogP contribution in [-0.4, -0.2) is 4.87 Å². The van der Waals surface area contributed by atoms with Gasteiger partial charge in [-0.05, 0) is 31.2 Å². The first-order valence-corrected chi connectivity index (χ1v) is 12.7. The molecular formula is C27H50ClN. The Morgan fingerprint density at radius 2 is 1.14 bits per heavy atom. The van der Waals surface area contributed by atoms with Crippen molar-refractivity contribution in [3.8, 4) is 0 Å². The SMILES string of the molecule is CCCCCCCCCCCCCCCCC(C)C(C)(Cl)Cc1ccccc1.N. The van der Waals surface area contributed by atoms with E-state index < -0.39 is 0 Å². The fourth-order valence-electron chi connectivity index (χ4n) is 4.12. The lowest BCUT2D eigenvalue weighted by Crippen LogP contribution is -2.29. The minimum atomic E-state index is -0.127. The molecule has 0 saturated heterocycles. The summed E-state index contributed by atoms with van der Waals surface area (Å²) in [5.74, 6) is 0.562. The van der Waals surface area contributed by atoms with Crippen molar-refractivity contribution in [2.45, 2.75) is 128 Å². The Hall–Kier alpha value is -0.530. The minimum absolute atomic E-state index is 0. The van der Waals surface area contributed by atoms with Gasteiger partial charge in [0.25, 0.3) is 0 Å². The van der Waals surface area contributed by atoms with Crippen LogP contribution in [0, 0.1) is 5.92 Å².